The van der Waals surface area contributed by atoms with Crippen molar-refractivity contribution < 1.29 is 0 Å². The Balaban J connectivity index is 2.20. The van der Waals surface area contributed by atoms with Crippen LogP contribution in [0.25, 0.3) is 0 Å². The van der Waals surface area contributed by atoms with E-state index in [4.69, 9.17) is 11.1 Å². The highest BCUT2D eigenvalue weighted by molar-refractivity contribution is 5.92. The second kappa shape index (κ2) is 4.90. The molecule has 82 valence electrons. The maximum atomic E-state index is 7.21. The molecule has 0 spiro atoms. The molecule has 3 N–H and O–H groups in total. The molecule has 0 aliphatic carbocycles. The van der Waals surface area contributed by atoms with E-state index in [2.05, 4.69) is 21.8 Å². The van der Waals surface area contributed by atoms with Gasteiger partial charge in [-0.05, 0) is 30.2 Å². The van der Waals surface area contributed by atoms with Crippen LogP contribution in [0.2, 0.25) is 0 Å². The molecule has 2 rings (SSSR count). The zero-order valence-electron chi connectivity index (χ0n) is 9.01. The highest BCUT2D eigenvalue weighted by Crippen LogP contribution is 1.98. The molecule has 0 fully saturated rings. The fraction of sp³-hybridized carbons (Fsp3) is 0. The molecule has 0 radical (unpaired) electrons. The van der Waals surface area contributed by atoms with Gasteiger partial charge >= 0.3 is 0 Å². The number of amidine groups is 1. The minimum Gasteiger partial charge on any atom is -0.382 e. The quantitative estimate of drug-likeness (QED) is 0.432. The number of nitrogens with zero attached hydrogens (tertiary/aromatic N) is 2. The van der Waals surface area contributed by atoms with E-state index in [9.17, 15) is 0 Å². The molecule has 4 nitrogen and oxygen atoms in total. The SMILES string of the molecule is N=C(N)c1ccc(C#Cc2ccccn2)cn1. The third-order valence-corrected chi connectivity index (χ3v) is 2.04. The Kier molecular flexibility index (Phi) is 3.13. The third kappa shape index (κ3) is 2.89. The molecule has 2 heterocycles. The standard InChI is InChI=1S/C13H10N4/c14-13(15)12-7-5-10(9-17-12)4-6-11-3-1-2-8-16-11/h1-3,5,7-9H,(H3,14,15). The Hall–Kier alpha value is -2.67. The fourth-order valence-corrected chi connectivity index (χ4v) is 1.20. The first-order valence-electron chi connectivity index (χ1n) is 4.99. The van der Waals surface area contributed by atoms with Gasteiger partial charge in [0, 0.05) is 18.0 Å². The molecule has 2 aromatic heterocycles. The van der Waals surface area contributed by atoms with E-state index in [0.29, 0.717) is 11.4 Å². The number of nitrogens with one attached hydrogen (secondary N) is 1. The van der Waals surface area contributed by atoms with E-state index >= 15 is 0 Å². The van der Waals surface area contributed by atoms with Gasteiger partial charge in [0.05, 0.1) is 0 Å². The van der Waals surface area contributed by atoms with Crippen LogP contribution < -0.4 is 5.73 Å². The Morgan fingerprint density at radius 2 is 2.00 bits per heavy atom. The monoisotopic (exact) mass is 222 g/mol. The van der Waals surface area contributed by atoms with Crippen LogP contribution in [-0.4, -0.2) is 15.8 Å². The van der Waals surface area contributed by atoms with Gasteiger partial charge in [-0.15, -0.1) is 0 Å². The van der Waals surface area contributed by atoms with Crippen molar-refractivity contribution in [3.05, 3.63) is 59.7 Å². The Labute approximate surface area is 99.0 Å². The maximum absolute atomic E-state index is 7.21. The summed E-state index contributed by atoms with van der Waals surface area (Å²) < 4.78 is 0. The number of aromatic nitrogens is 2. The normalized spacial score (nSPS) is 9.18. The molecule has 0 aromatic carbocycles. The minimum atomic E-state index is -0.0470. The summed E-state index contributed by atoms with van der Waals surface area (Å²) in [5, 5.41) is 7.21. The summed E-state index contributed by atoms with van der Waals surface area (Å²) in [7, 11) is 0. The summed E-state index contributed by atoms with van der Waals surface area (Å²) >= 11 is 0. The first kappa shape index (κ1) is 10.8. The molecule has 17 heavy (non-hydrogen) atoms. The fourth-order valence-electron chi connectivity index (χ4n) is 1.20. The van der Waals surface area contributed by atoms with Crippen LogP contribution in [0.15, 0.2) is 42.7 Å². The second-order valence-electron chi connectivity index (χ2n) is 3.31. The molecule has 2 aromatic rings. The van der Waals surface area contributed by atoms with Crippen molar-refractivity contribution in [1.82, 2.24) is 9.97 Å². The molecule has 4 heteroatoms. The van der Waals surface area contributed by atoms with Crippen LogP contribution in [0.3, 0.4) is 0 Å². The first-order valence-corrected chi connectivity index (χ1v) is 4.99. The summed E-state index contributed by atoms with van der Waals surface area (Å²) in [6.45, 7) is 0. The predicted octanol–water partition coefficient (Wildman–Crippen LogP) is 1.16. The molecular formula is C13H10N4. The number of rotatable bonds is 1. The van der Waals surface area contributed by atoms with Gasteiger partial charge in [-0.25, -0.2) is 4.98 Å². The Morgan fingerprint density at radius 3 is 2.59 bits per heavy atom. The van der Waals surface area contributed by atoms with Crippen LogP contribution in [0, 0.1) is 17.3 Å². The van der Waals surface area contributed by atoms with Crippen molar-refractivity contribution in [2.24, 2.45) is 5.73 Å². The van der Waals surface area contributed by atoms with Gasteiger partial charge in [-0.3, -0.25) is 10.4 Å². The summed E-state index contributed by atoms with van der Waals surface area (Å²) in [5.74, 6) is 5.82. The lowest BCUT2D eigenvalue weighted by Crippen LogP contribution is -2.12. The van der Waals surface area contributed by atoms with Gasteiger partial charge in [0.15, 0.2) is 0 Å². The van der Waals surface area contributed by atoms with E-state index in [1.807, 2.05) is 18.2 Å². The lowest BCUT2D eigenvalue weighted by Gasteiger charge is -1.95. The van der Waals surface area contributed by atoms with Gasteiger partial charge in [-0.1, -0.05) is 12.0 Å². The van der Waals surface area contributed by atoms with E-state index in [1.54, 1.807) is 24.5 Å². The molecule has 0 unspecified atom stereocenters. The number of hydrogen-bond donors (Lipinski definition) is 2. The molecule has 0 amide bonds. The highest BCUT2D eigenvalue weighted by atomic mass is 14.8. The third-order valence-electron chi connectivity index (χ3n) is 2.04. The van der Waals surface area contributed by atoms with Gasteiger partial charge in [0.2, 0.25) is 0 Å². The van der Waals surface area contributed by atoms with E-state index in [1.165, 1.54) is 0 Å². The minimum absolute atomic E-state index is 0.0470. The molecular weight excluding hydrogens is 212 g/mol. The average Bonchev–Trinajstić information content (AvgIpc) is 2.38. The van der Waals surface area contributed by atoms with Gasteiger partial charge in [0.25, 0.3) is 0 Å². The molecule has 0 atom stereocenters. The summed E-state index contributed by atoms with van der Waals surface area (Å²) in [6.07, 6.45) is 3.29. The zero-order valence-corrected chi connectivity index (χ0v) is 9.01. The van der Waals surface area contributed by atoms with Crippen molar-refractivity contribution in [3.63, 3.8) is 0 Å². The van der Waals surface area contributed by atoms with E-state index in [0.717, 1.165) is 5.56 Å². The molecule has 0 saturated carbocycles. The van der Waals surface area contributed by atoms with Crippen LogP contribution in [-0.2, 0) is 0 Å². The van der Waals surface area contributed by atoms with Crippen LogP contribution >= 0.6 is 0 Å². The summed E-state index contributed by atoms with van der Waals surface area (Å²) in [5.41, 5.74) is 7.23. The molecule has 0 bridgehead atoms. The zero-order chi connectivity index (χ0) is 12.1. The second-order valence-corrected chi connectivity index (χ2v) is 3.31. The van der Waals surface area contributed by atoms with Gasteiger partial charge in [0.1, 0.15) is 17.2 Å². The summed E-state index contributed by atoms with van der Waals surface area (Å²) in [4.78, 5) is 8.11. The smallest absolute Gasteiger partial charge is 0.141 e. The molecule has 0 aliphatic heterocycles. The van der Waals surface area contributed by atoms with Gasteiger partial charge < -0.3 is 5.73 Å². The highest BCUT2D eigenvalue weighted by Gasteiger charge is 1.96. The maximum Gasteiger partial charge on any atom is 0.141 e. The predicted molar refractivity (Wildman–Crippen MR) is 65.5 cm³/mol. The Bertz CT molecular complexity index is 576. The van der Waals surface area contributed by atoms with Crippen LogP contribution in [0.4, 0.5) is 0 Å². The summed E-state index contributed by atoms with van der Waals surface area (Å²) in [6, 6.07) is 9.01. The van der Waals surface area contributed by atoms with E-state index in [-0.39, 0.29) is 5.84 Å². The Morgan fingerprint density at radius 1 is 1.12 bits per heavy atom. The van der Waals surface area contributed by atoms with E-state index < -0.39 is 0 Å². The first-order chi connectivity index (χ1) is 8.25. The molecule has 0 saturated heterocycles. The van der Waals surface area contributed by atoms with Crippen molar-refractivity contribution in [2.45, 2.75) is 0 Å². The molecule has 0 aliphatic rings. The van der Waals surface area contributed by atoms with Crippen molar-refractivity contribution >= 4 is 5.84 Å². The van der Waals surface area contributed by atoms with Crippen molar-refractivity contribution in [1.29, 1.82) is 5.41 Å². The van der Waals surface area contributed by atoms with Crippen molar-refractivity contribution in [2.75, 3.05) is 0 Å². The number of pyridine rings is 2. The number of nitrogens with two attached hydrogens (primary N) is 1. The van der Waals surface area contributed by atoms with Gasteiger partial charge in [-0.2, -0.15) is 0 Å². The lowest BCUT2D eigenvalue weighted by atomic mass is 10.2. The number of hydrogen-bond acceptors (Lipinski definition) is 3. The topological polar surface area (TPSA) is 75.7 Å². The van der Waals surface area contributed by atoms with Crippen LogP contribution in [0.5, 0.6) is 0 Å². The van der Waals surface area contributed by atoms with Crippen molar-refractivity contribution in [3.8, 4) is 11.8 Å². The largest absolute Gasteiger partial charge is 0.382 e. The average molecular weight is 222 g/mol. The number of nitrogen functional groups attached to an aromatic ring is 1. The lowest BCUT2D eigenvalue weighted by molar-refractivity contribution is 1.24. The van der Waals surface area contributed by atoms with Crippen LogP contribution in [0.1, 0.15) is 17.0 Å².